The first-order valence-electron chi connectivity index (χ1n) is 8.05. The fourth-order valence-corrected chi connectivity index (χ4v) is 3.22. The molecule has 1 heterocycles. The molecule has 0 bridgehead atoms. The summed E-state index contributed by atoms with van der Waals surface area (Å²) in [5.41, 5.74) is 10.5. The Labute approximate surface area is 165 Å². The molecule has 6 nitrogen and oxygen atoms in total. The molecule has 2 aromatic carbocycles. The molecular weight excluding hydrogens is 384 g/mol. The summed E-state index contributed by atoms with van der Waals surface area (Å²) in [4.78, 5) is 16.5. The van der Waals surface area contributed by atoms with E-state index in [-0.39, 0.29) is 5.91 Å². The summed E-state index contributed by atoms with van der Waals surface area (Å²) in [7, 11) is 0. The maximum absolute atomic E-state index is 12.0. The number of nitrogen functional groups attached to an aromatic ring is 1. The molecule has 0 aliphatic carbocycles. The Morgan fingerprint density at radius 3 is 2.78 bits per heavy atom. The van der Waals surface area contributed by atoms with Crippen molar-refractivity contribution >= 4 is 40.2 Å². The summed E-state index contributed by atoms with van der Waals surface area (Å²) in [6.07, 6.45) is 1.55. The van der Waals surface area contributed by atoms with Crippen molar-refractivity contribution in [1.29, 1.82) is 0 Å². The zero-order chi connectivity index (χ0) is 19.2. The highest BCUT2D eigenvalue weighted by Crippen LogP contribution is 2.19. The molecule has 0 unspecified atom stereocenters. The van der Waals surface area contributed by atoms with Gasteiger partial charge in [0.1, 0.15) is 17.2 Å². The topological polar surface area (TPSA) is 89.6 Å². The van der Waals surface area contributed by atoms with E-state index in [0.29, 0.717) is 27.3 Å². The molecule has 3 aromatic rings. The van der Waals surface area contributed by atoms with Crippen LogP contribution in [0.5, 0.6) is 5.75 Å². The molecular formula is C19H17ClN4O2S. The van der Waals surface area contributed by atoms with Crippen LogP contribution in [0.2, 0.25) is 5.02 Å². The SMILES string of the molecule is Cc1nc(N)sc1C(=O)N/N=C/c1ccc(OCc2cccc(Cl)c2)cc1. The molecule has 3 rings (SSSR count). The lowest BCUT2D eigenvalue weighted by Crippen LogP contribution is -2.17. The average molecular weight is 401 g/mol. The van der Waals surface area contributed by atoms with Gasteiger partial charge in [-0.2, -0.15) is 5.10 Å². The van der Waals surface area contributed by atoms with Gasteiger partial charge in [-0.05, 0) is 54.4 Å². The van der Waals surface area contributed by atoms with Crippen molar-refractivity contribution in [2.75, 3.05) is 5.73 Å². The third-order valence-electron chi connectivity index (χ3n) is 3.57. The summed E-state index contributed by atoms with van der Waals surface area (Å²) in [6, 6.07) is 14.9. The second kappa shape index (κ2) is 8.66. The van der Waals surface area contributed by atoms with E-state index >= 15 is 0 Å². The molecule has 0 saturated heterocycles. The molecule has 8 heteroatoms. The number of benzene rings is 2. The Morgan fingerprint density at radius 1 is 1.33 bits per heavy atom. The lowest BCUT2D eigenvalue weighted by Gasteiger charge is -2.06. The normalized spacial score (nSPS) is 10.9. The molecule has 1 aromatic heterocycles. The number of ether oxygens (including phenoxy) is 1. The lowest BCUT2D eigenvalue weighted by molar-refractivity contribution is 0.0958. The largest absolute Gasteiger partial charge is 0.489 e. The third-order valence-corrected chi connectivity index (χ3v) is 4.79. The summed E-state index contributed by atoms with van der Waals surface area (Å²) in [5.74, 6) is 0.395. The summed E-state index contributed by atoms with van der Waals surface area (Å²) < 4.78 is 5.73. The predicted octanol–water partition coefficient (Wildman–Crippen LogP) is 4.03. The Hall–Kier alpha value is -2.90. The smallest absolute Gasteiger partial charge is 0.283 e. The van der Waals surface area contributed by atoms with Crippen LogP contribution in [0.3, 0.4) is 0 Å². The number of halogens is 1. The molecule has 0 atom stereocenters. The van der Waals surface area contributed by atoms with Crippen LogP contribution >= 0.6 is 22.9 Å². The van der Waals surface area contributed by atoms with Crippen molar-refractivity contribution in [1.82, 2.24) is 10.4 Å². The first-order valence-corrected chi connectivity index (χ1v) is 9.24. The number of aryl methyl sites for hydroxylation is 1. The van der Waals surface area contributed by atoms with Crippen LogP contribution in [0, 0.1) is 6.92 Å². The Balaban J connectivity index is 1.53. The van der Waals surface area contributed by atoms with Gasteiger partial charge in [0.05, 0.1) is 11.9 Å². The minimum Gasteiger partial charge on any atom is -0.489 e. The molecule has 3 N–H and O–H groups in total. The van der Waals surface area contributed by atoms with E-state index in [4.69, 9.17) is 22.1 Å². The van der Waals surface area contributed by atoms with Gasteiger partial charge in [-0.1, -0.05) is 35.1 Å². The van der Waals surface area contributed by atoms with Gasteiger partial charge in [0, 0.05) is 5.02 Å². The minimum atomic E-state index is -0.334. The van der Waals surface area contributed by atoms with Crippen LogP contribution in [-0.2, 0) is 6.61 Å². The average Bonchev–Trinajstić information content (AvgIpc) is 2.99. The number of thiazole rings is 1. The van der Waals surface area contributed by atoms with Crippen LogP contribution in [-0.4, -0.2) is 17.1 Å². The van der Waals surface area contributed by atoms with Crippen LogP contribution in [0.1, 0.15) is 26.5 Å². The van der Waals surface area contributed by atoms with E-state index in [9.17, 15) is 4.79 Å². The number of carbonyl (C=O) groups is 1. The van der Waals surface area contributed by atoms with Crippen molar-refractivity contribution < 1.29 is 9.53 Å². The first-order chi connectivity index (χ1) is 13.0. The highest BCUT2D eigenvalue weighted by molar-refractivity contribution is 7.17. The van der Waals surface area contributed by atoms with E-state index in [1.807, 2.05) is 48.5 Å². The Kier molecular flexibility index (Phi) is 6.05. The fourth-order valence-electron chi connectivity index (χ4n) is 2.29. The molecule has 0 radical (unpaired) electrons. The molecule has 27 heavy (non-hydrogen) atoms. The Morgan fingerprint density at radius 2 is 2.11 bits per heavy atom. The highest BCUT2D eigenvalue weighted by Gasteiger charge is 2.13. The summed E-state index contributed by atoms with van der Waals surface area (Å²) >= 11 is 7.09. The van der Waals surface area contributed by atoms with Crippen LogP contribution in [0.25, 0.3) is 0 Å². The highest BCUT2D eigenvalue weighted by atomic mass is 35.5. The van der Waals surface area contributed by atoms with Crippen LogP contribution < -0.4 is 15.9 Å². The van der Waals surface area contributed by atoms with Gasteiger partial charge >= 0.3 is 0 Å². The van der Waals surface area contributed by atoms with Crippen molar-refractivity contribution in [2.45, 2.75) is 13.5 Å². The van der Waals surface area contributed by atoms with Gasteiger partial charge in [0.2, 0.25) is 0 Å². The molecule has 0 aliphatic rings. The van der Waals surface area contributed by atoms with Crippen molar-refractivity contribution in [2.24, 2.45) is 5.10 Å². The minimum absolute atomic E-state index is 0.334. The number of hydrogen-bond acceptors (Lipinski definition) is 6. The van der Waals surface area contributed by atoms with Gasteiger partial charge in [0.15, 0.2) is 5.13 Å². The van der Waals surface area contributed by atoms with Crippen LogP contribution in [0.15, 0.2) is 53.6 Å². The number of nitrogens with one attached hydrogen (secondary N) is 1. The summed E-state index contributed by atoms with van der Waals surface area (Å²) in [6.45, 7) is 2.16. The molecule has 0 fully saturated rings. The third kappa shape index (κ3) is 5.29. The molecule has 0 aliphatic heterocycles. The maximum atomic E-state index is 12.0. The van der Waals surface area contributed by atoms with Crippen molar-refractivity contribution in [3.05, 3.63) is 75.3 Å². The molecule has 0 spiro atoms. The fraction of sp³-hybridized carbons (Fsp3) is 0.105. The molecule has 138 valence electrons. The van der Waals surface area contributed by atoms with E-state index in [1.54, 1.807) is 13.1 Å². The number of aromatic nitrogens is 1. The second-order valence-electron chi connectivity index (χ2n) is 5.65. The van der Waals surface area contributed by atoms with E-state index in [1.165, 1.54) is 0 Å². The number of carbonyl (C=O) groups excluding carboxylic acids is 1. The number of rotatable bonds is 6. The van der Waals surface area contributed by atoms with E-state index < -0.39 is 0 Å². The zero-order valence-corrected chi connectivity index (χ0v) is 16.1. The van der Waals surface area contributed by atoms with Gasteiger partial charge in [0.25, 0.3) is 5.91 Å². The number of amides is 1. The number of hydrazone groups is 1. The number of anilines is 1. The van der Waals surface area contributed by atoms with Gasteiger partial charge < -0.3 is 10.5 Å². The van der Waals surface area contributed by atoms with Crippen molar-refractivity contribution in [3.8, 4) is 5.75 Å². The van der Waals surface area contributed by atoms with Crippen LogP contribution in [0.4, 0.5) is 5.13 Å². The second-order valence-corrected chi connectivity index (χ2v) is 7.12. The van der Waals surface area contributed by atoms with E-state index in [0.717, 1.165) is 28.2 Å². The Bertz CT molecular complexity index is 970. The van der Waals surface area contributed by atoms with Gasteiger partial charge in [-0.25, -0.2) is 10.4 Å². The monoisotopic (exact) mass is 400 g/mol. The first kappa shape index (κ1) is 18.9. The van der Waals surface area contributed by atoms with E-state index in [2.05, 4.69) is 15.5 Å². The summed E-state index contributed by atoms with van der Waals surface area (Å²) in [5, 5.41) is 5.00. The van der Waals surface area contributed by atoms with Gasteiger partial charge in [-0.3, -0.25) is 4.79 Å². The predicted molar refractivity (Wildman–Crippen MR) is 109 cm³/mol. The maximum Gasteiger partial charge on any atom is 0.283 e. The quantitative estimate of drug-likeness (QED) is 0.483. The standard InChI is InChI=1S/C19H17ClN4O2S/c1-12-17(27-19(21)23-12)18(25)24-22-10-13-5-7-16(8-6-13)26-11-14-3-2-4-15(20)9-14/h2-10H,11H2,1H3,(H2,21,23)(H,24,25)/b22-10+. The number of nitrogens with two attached hydrogens (primary N) is 1. The number of hydrogen-bond donors (Lipinski definition) is 2. The van der Waals surface area contributed by atoms with Gasteiger partial charge in [-0.15, -0.1) is 0 Å². The number of nitrogens with zero attached hydrogens (tertiary/aromatic N) is 2. The molecule has 0 saturated carbocycles. The zero-order valence-electron chi connectivity index (χ0n) is 14.5. The lowest BCUT2D eigenvalue weighted by atomic mass is 10.2. The molecule has 1 amide bonds. The van der Waals surface area contributed by atoms with Crippen molar-refractivity contribution in [3.63, 3.8) is 0 Å².